The van der Waals surface area contributed by atoms with Gasteiger partial charge in [-0.05, 0) is 29.0 Å². The van der Waals surface area contributed by atoms with Crippen LogP contribution in [-0.4, -0.2) is 17.7 Å². The molecular weight excluding hydrogens is 411 g/mol. The van der Waals surface area contributed by atoms with Crippen molar-refractivity contribution in [2.45, 2.75) is 25.9 Å². The van der Waals surface area contributed by atoms with Crippen LogP contribution in [0.25, 0.3) is 0 Å². The first kappa shape index (κ1) is 17.3. The average Bonchev–Trinajstić information content (AvgIpc) is 2.34. The molecule has 0 aromatic carbocycles. The van der Waals surface area contributed by atoms with Crippen LogP contribution >= 0.6 is 34.2 Å². The number of anilines is 1. The van der Waals surface area contributed by atoms with Crippen molar-refractivity contribution in [3.05, 3.63) is 20.5 Å². The highest BCUT2D eigenvalue weighted by atomic mass is 127. The van der Waals surface area contributed by atoms with Gasteiger partial charge in [0.15, 0.2) is 5.69 Å². The second-order valence-corrected chi connectivity index (χ2v) is 5.22. The smallest absolute Gasteiger partial charge is 0.434 e. The quantitative estimate of drug-likeness (QED) is 0.565. The van der Waals surface area contributed by atoms with Gasteiger partial charge in [-0.15, -0.1) is 0 Å². The van der Waals surface area contributed by atoms with Gasteiger partial charge in [-0.25, -0.2) is 9.78 Å². The number of amides is 1. The SMILES string of the molecule is CCCCOC(=O)Nc1cnc(C(F)(F)F)c(Cl)c1I. The first-order chi connectivity index (χ1) is 9.27. The van der Waals surface area contributed by atoms with Crippen molar-refractivity contribution in [3.8, 4) is 0 Å². The Hall–Kier alpha value is -0.770. The van der Waals surface area contributed by atoms with Gasteiger partial charge in [-0.3, -0.25) is 5.32 Å². The molecule has 0 bridgehead atoms. The molecule has 0 spiro atoms. The normalized spacial score (nSPS) is 11.3. The zero-order valence-corrected chi connectivity index (χ0v) is 13.3. The van der Waals surface area contributed by atoms with E-state index >= 15 is 0 Å². The molecule has 1 aromatic heterocycles. The van der Waals surface area contributed by atoms with Crippen LogP contribution in [0.5, 0.6) is 0 Å². The van der Waals surface area contributed by atoms with Crippen molar-refractivity contribution < 1.29 is 22.7 Å². The maximum atomic E-state index is 12.6. The molecule has 0 radical (unpaired) electrons. The lowest BCUT2D eigenvalue weighted by atomic mass is 10.3. The van der Waals surface area contributed by atoms with E-state index in [1.54, 1.807) is 22.6 Å². The number of halogens is 5. The topological polar surface area (TPSA) is 51.2 Å². The molecule has 0 aliphatic heterocycles. The molecule has 4 nitrogen and oxygen atoms in total. The number of unbranched alkanes of at least 4 members (excludes halogenated alkanes) is 1. The van der Waals surface area contributed by atoms with Crippen molar-refractivity contribution in [1.29, 1.82) is 0 Å². The molecule has 1 rings (SSSR count). The lowest BCUT2D eigenvalue weighted by Crippen LogP contribution is -2.17. The lowest BCUT2D eigenvalue weighted by Gasteiger charge is -2.12. The van der Waals surface area contributed by atoms with E-state index in [9.17, 15) is 18.0 Å². The van der Waals surface area contributed by atoms with Gasteiger partial charge in [0.25, 0.3) is 0 Å². The minimum absolute atomic E-state index is 0.0547. The predicted molar refractivity (Wildman–Crippen MR) is 76.8 cm³/mol. The second kappa shape index (κ2) is 7.30. The summed E-state index contributed by atoms with van der Waals surface area (Å²) >= 11 is 7.22. The Kier molecular flexibility index (Phi) is 6.31. The monoisotopic (exact) mass is 422 g/mol. The van der Waals surface area contributed by atoms with Gasteiger partial charge in [0.1, 0.15) is 0 Å². The minimum Gasteiger partial charge on any atom is -0.449 e. The first-order valence-corrected chi connectivity index (χ1v) is 7.08. The number of hydrogen-bond donors (Lipinski definition) is 1. The fourth-order valence-electron chi connectivity index (χ4n) is 1.20. The van der Waals surface area contributed by atoms with E-state index < -0.39 is 23.0 Å². The van der Waals surface area contributed by atoms with Crippen LogP contribution < -0.4 is 5.32 Å². The molecule has 0 saturated carbocycles. The Morgan fingerprint density at radius 2 is 2.20 bits per heavy atom. The Morgan fingerprint density at radius 3 is 2.75 bits per heavy atom. The van der Waals surface area contributed by atoms with Gasteiger partial charge < -0.3 is 4.74 Å². The highest BCUT2D eigenvalue weighted by Crippen LogP contribution is 2.37. The summed E-state index contributed by atoms with van der Waals surface area (Å²) in [4.78, 5) is 14.6. The van der Waals surface area contributed by atoms with Gasteiger partial charge in [0.2, 0.25) is 0 Å². The standard InChI is InChI=1S/C11H11ClF3IN2O2/c1-2-3-4-20-10(19)18-6-5-17-9(11(13,14)15)7(12)8(6)16/h5H,2-4H2,1H3,(H,18,19). The number of carbonyl (C=O) groups excluding carboxylic acids is 1. The molecule has 0 aliphatic carbocycles. The number of nitrogens with one attached hydrogen (secondary N) is 1. The first-order valence-electron chi connectivity index (χ1n) is 5.62. The maximum Gasteiger partial charge on any atom is 0.434 e. The minimum atomic E-state index is -4.64. The zero-order valence-electron chi connectivity index (χ0n) is 10.4. The number of alkyl halides is 3. The van der Waals surface area contributed by atoms with E-state index in [-0.39, 0.29) is 15.9 Å². The van der Waals surface area contributed by atoms with E-state index in [1.807, 2.05) is 6.92 Å². The number of pyridine rings is 1. The summed E-state index contributed by atoms with van der Waals surface area (Å²) in [7, 11) is 0. The van der Waals surface area contributed by atoms with E-state index in [1.165, 1.54) is 0 Å². The molecule has 0 atom stereocenters. The molecule has 0 saturated heterocycles. The highest BCUT2D eigenvalue weighted by Gasteiger charge is 2.36. The third-order valence-corrected chi connectivity index (χ3v) is 4.00. The van der Waals surface area contributed by atoms with E-state index in [0.29, 0.717) is 6.42 Å². The van der Waals surface area contributed by atoms with Crippen LogP contribution in [0.2, 0.25) is 5.02 Å². The molecule has 1 aromatic rings. The van der Waals surface area contributed by atoms with Crippen LogP contribution in [0, 0.1) is 3.57 Å². The van der Waals surface area contributed by atoms with Gasteiger partial charge in [-0.1, -0.05) is 24.9 Å². The zero-order chi connectivity index (χ0) is 15.3. The number of hydrogen-bond acceptors (Lipinski definition) is 3. The summed E-state index contributed by atoms with van der Waals surface area (Å²) in [6.45, 7) is 2.17. The highest BCUT2D eigenvalue weighted by molar-refractivity contribution is 14.1. The van der Waals surface area contributed by atoms with Crippen molar-refractivity contribution in [2.75, 3.05) is 11.9 Å². The number of rotatable bonds is 4. The van der Waals surface area contributed by atoms with Crippen molar-refractivity contribution in [3.63, 3.8) is 0 Å². The molecule has 112 valence electrons. The van der Waals surface area contributed by atoms with Crippen LogP contribution in [0.1, 0.15) is 25.5 Å². The summed E-state index contributed by atoms with van der Waals surface area (Å²) in [5, 5.41) is 1.75. The molecule has 0 aliphatic rings. The van der Waals surface area contributed by atoms with Crippen molar-refractivity contribution in [2.24, 2.45) is 0 Å². The fourth-order valence-corrected chi connectivity index (χ4v) is 1.99. The number of carbonyl (C=O) groups is 1. The summed E-state index contributed by atoms with van der Waals surface area (Å²) in [6, 6.07) is 0. The van der Waals surface area contributed by atoms with Crippen molar-refractivity contribution >= 4 is 46.0 Å². The third-order valence-electron chi connectivity index (χ3n) is 2.20. The van der Waals surface area contributed by atoms with E-state index in [0.717, 1.165) is 12.6 Å². The summed E-state index contributed by atoms with van der Waals surface area (Å²) in [5.74, 6) is 0. The third kappa shape index (κ3) is 4.65. The number of nitrogens with zero attached hydrogens (tertiary/aromatic N) is 1. The van der Waals surface area contributed by atoms with Crippen LogP contribution in [0.4, 0.5) is 23.7 Å². The fraction of sp³-hybridized carbons (Fsp3) is 0.455. The second-order valence-electron chi connectivity index (χ2n) is 3.76. The summed E-state index contributed by atoms with van der Waals surface area (Å²) < 4.78 is 42.6. The molecule has 20 heavy (non-hydrogen) atoms. The van der Waals surface area contributed by atoms with Crippen molar-refractivity contribution in [1.82, 2.24) is 4.98 Å². The van der Waals surface area contributed by atoms with Gasteiger partial charge in [0.05, 0.1) is 27.1 Å². The van der Waals surface area contributed by atoms with E-state index in [2.05, 4.69) is 10.3 Å². The van der Waals surface area contributed by atoms with Crippen LogP contribution in [-0.2, 0) is 10.9 Å². The molecular formula is C11H11ClF3IN2O2. The summed E-state index contributed by atoms with van der Waals surface area (Å²) in [5.41, 5.74) is -1.11. The average molecular weight is 423 g/mol. The number of aromatic nitrogens is 1. The molecule has 0 fully saturated rings. The summed E-state index contributed by atoms with van der Waals surface area (Å²) in [6.07, 6.45) is -2.93. The van der Waals surface area contributed by atoms with Gasteiger partial charge >= 0.3 is 12.3 Å². The molecule has 9 heteroatoms. The maximum absolute atomic E-state index is 12.6. The molecule has 1 amide bonds. The Bertz CT molecular complexity index is 497. The lowest BCUT2D eigenvalue weighted by molar-refractivity contribution is -0.141. The molecule has 0 unspecified atom stereocenters. The van der Waals surface area contributed by atoms with Gasteiger partial charge in [0, 0.05) is 0 Å². The molecule has 1 heterocycles. The number of ether oxygens (including phenoxy) is 1. The largest absolute Gasteiger partial charge is 0.449 e. The van der Waals surface area contributed by atoms with Crippen LogP contribution in [0.15, 0.2) is 6.20 Å². The van der Waals surface area contributed by atoms with Crippen LogP contribution in [0.3, 0.4) is 0 Å². The Morgan fingerprint density at radius 1 is 1.55 bits per heavy atom. The Balaban J connectivity index is 2.83. The van der Waals surface area contributed by atoms with Gasteiger partial charge in [-0.2, -0.15) is 13.2 Å². The molecule has 1 N–H and O–H groups in total. The Labute approximate surface area is 132 Å². The van der Waals surface area contributed by atoms with E-state index in [4.69, 9.17) is 16.3 Å². The predicted octanol–water partition coefficient (Wildman–Crippen LogP) is 4.71.